The average molecular weight is 598 g/mol. The van der Waals surface area contributed by atoms with Gasteiger partial charge in [0.05, 0.1) is 55.8 Å². The SMILES string of the molecule is C=CS(=O)(=O)CCOCCOCCS(=O)(=O)CCN(C(=O)CCCCC1SCC2NC(=O)NC21)C(C)CC. The molecule has 38 heavy (non-hydrogen) atoms. The Hall–Kier alpha value is -1.35. The van der Waals surface area contributed by atoms with Gasteiger partial charge >= 0.3 is 6.03 Å². The summed E-state index contributed by atoms with van der Waals surface area (Å²) in [7, 11) is -6.72. The molecular formula is C24H43N3O8S3. The quantitative estimate of drug-likeness (QED) is 0.157. The molecule has 0 aromatic carbocycles. The van der Waals surface area contributed by atoms with E-state index < -0.39 is 19.7 Å². The molecule has 0 saturated carbocycles. The third-order valence-electron chi connectivity index (χ3n) is 6.83. The molecule has 0 bridgehead atoms. The second-order valence-electron chi connectivity index (χ2n) is 9.62. The Balaban J connectivity index is 1.64. The Labute approximate surface area is 231 Å². The Morgan fingerprint density at radius 1 is 1.11 bits per heavy atom. The Bertz CT molecular complexity index is 990. The second-order valence-corrected chi connectivity index (χ2v) is 15.3. The number of amides is 3. The van der Waals surface area contributed by atoms with E-state index in [-0.39, 0.29) is 80.3 Å². The lowest BCUT2D eigenvalue weighted by Gasteiger charge is -2.29. The van der Waals surface area contributed by atoms with E-state index in [1.54, 1.807) is 4.90 Å². The van der Waals surface area contributed by atoms with Crippen LogP contribution in [0.4, 0.5) is 4.79 Å². The summed E-state index contributed by atoms with van der Waals surface area (Å²) in [4.78, 5) is 26.1. The molecular weight excluding hydrogens is 554 g/mol. The van der Waals surface area contributed by atoms with Crippen LogP contribution in [-0.4, -0.2) is 113 Å². The minimum atomic E-state index is -3.41. The summed E-state index contributed by atoms with van der Waals surface area (Å²) in [6, 6.07) is 0.188. The highest BCUT2D eigenvalue weighted by atomic mass is 32.2. The van der Waals surface area contributed by atoms with Gasteiger partial charge in [-0.25, -0.2) is 21.6 Å². The lowest BCUT2D eigenvalue weighted by Crippen LogP contribution is -2.41. The predicted molar refractivity (Wildman–Crippen MR) is 150 cm³/mol. The summed E-state index contributed by atoms with van der Waals surface area (Å²) in [5.74, 6) is 0.428. The van der Waals surface area contributed by atoms with Crippen LogP contribution in [-0.2, 0) is 33.9 Å². The van der Waals surface area contributed by atoms with Crippen LogP contribution in [0.5, 0.6) is 0 Å². The standard InChI is InChI=1S/C24H43N3O8S3/c1-4-19(3)27(22(28)9-7-6-8-21-23-20(18-36-21)25-24(29)26-23)10-15-38(32,33)17-14-35-12-11-34-13-16-37(30,31)5-2/h5,19-21,23H,2,4,6-18H2,1,3H3,(H2,25,26,29). The summed E-state index contributed by atoms with van der Waals surface area (Å²) < 4.78 is 58.1. The Morgan fingerprint density at radius 2 is 1.79 bits per heavy atom. The van der Waals surface area contributed by atoms with Gasteiger partial charge in [-0.15, -0.1) is 0 Å². The molecule has 2 aliphatic rings. The first-order chi connectivity index (χ1) is 18.0. The molecule has 0 aliphatic carbocycles. The van der Waals surface area contributed by atoms with E-state index >= 15 is 0 Å². The maximum absolute atomic E-state index is 12.9. The third-order valence-corrected chi connectivity index (χ3v) is 11.2. The molecule has 11 nitrogen and oxygen atoms in total. The molecule has 0 aromatic rings. The topological polar surface area (TPSA) is 148 Å². The summed E-state index contributed by atoms with van der Waals surface area (Å²) >= 11 is 1.85. The van der Waals surface area contributed by atoms with E-state index in [4.69, 9.17) is 9.47 Å². The van der Waals surface area contributed by atoms with Crippen molar-refractivity contribution in [1.82, 2.24) is 15.5 Å². The molecule has 0 aromatic heterocycles. The molecule has 4 unspecified atom stereocenters. The molecule has 220 valence electrons. The van der Waals surface area contributed by atoms with Crippen LogP contribution < -0.4 is 10.6 Å². The predicted octanol–water partition coefficient (Wildman–Crippen LogP) is 1.35. The number of hydrogen-bond donors (Lipinski definition) is 2. The molecule has 3 amide bonds. The molecule has 2 aliphatic heterocycles. The molecule has 2 N–H and O–H groups in total. The number of nitrogens with zero attached hydrogens (tertiary/aromatic N) is 1. The van der Waals surface area contributed by atoms with Gasteiger partial charge < -0.3 is 25.0 Å². The third kappa shape index (κ3) is 11.4. The fourth-order valence-corrected chi connectivity index (χ4v) is 7.44. The number of unbranched alkanes of at least 4 members (excludes halogenated alkanes) is 1. The molecule has 2 heterocycles. The number of sulfone groups is 2. The van der Waals surface area contributed by atoms with Gasteiger partial charge in [0.25, 0.3) is 0 Å². The van der Waals surface area contributed by atoms with Crippen LogP contribution in [0.15, 0.2) is 12.0 Å². The maximum Gasteiger partial charge on any atom is 0.315 e. The van der Waals surface area contributed by atoms with E-state index in [1.807, 2.05) is 25.6 Å². The van der Waals surface area contributed by atoms with Crippen LogP contribution >= 0.6 is 11.8 Å². The highest BCUT2D eigenvalue weighted by molar-refractivity contribution is 8.00. The zero-order valence-electron chi connectivity index (χ0n) is 22.4. The first-order valence-electron chi connectivity index (χ1n) is 13.2. The number of carbonyl (C=O) groups excluding carboxylic acids is 2. The van der Waals surface area contributed by atoms with Gasteiger partial charge in [0, 0.05) is 35.4 Å². The monoisotopic (exact) mass is 597 g/mol. The van der Waals surface area contributed by atoms with Crippen molar-refractivity contribution in [3.05, 3.63) is 12.0 Å². The summed E-state index contributed by atoms with van der Waals surface area (Å²) in [6.07, 6.45) is 3.64. The van der Waals surface area contributed by atoms with E-state index in [9.17, 15) is 26.4 Å². The molecule has 14 heteroatoms. The zero-order valence-corrected chi connectivity index (χ0v) is 24.9. The van der Waals surface area contributed by atoms with Gasteiger partial charge in [-0.3, -0.25) is 4.79 Å². The molecule has 4 atom stereocenters. The molecule has 2 saturated heterocycles. The van der Waals surface area contributed by atoms with Crippen LogP contribution in [0.1, 0.15) is 46.0 Å². The molecule has 2 fully saturated rings. The van der Waals surface area contributed by atoms with Gasteiger partial charge in [0.2, 0.25) is 5.91 Å². The fourth-order valence-electron chi connectivity index (χ4n) is 4.33. The lowest BCUT2D eigenvalue weighted by molar-refractivity contribution is -0.133. The number of urea groups is 1. The highest BCUT2D eigenvalue weighted by Gasteiger charge is 2.42. The van der Waals surface area contributed by atoms with Crippen molar-refractivity contribution in [3.63, 3.8) is 0 Å². The number of fused-ring (bicyclic) bond motifs is 1. The highest BCUT2D eigenvalue weighted by Crippen LogP contribution is 2.33. The van der Waals surface area contributed by atoms with Gasteiger partial charge in [-0.05, 0) is 26.2 Å². The second kappa shape index (κ2) is 16.0. The maximum atomic E-state index is 12.9. The van der Waals surface area contributed by atoms with Crippen LogP contribution in [0.3, 0.4) is 0 Å². The van der Waals surface area contributed by atoms with Gasteiger partial charge in [-0.1, -0.05) is 19.9 Å². The molecule has 0 radical (unpaired) electrons. The minimum absolute atomic E-state index is 0.00489. The van der Waals surface area contributed by atoms with Crippen molar-refractivity contribution in [3.8, 4) is 0 Å². The number of rotatable bonds is 20. The smallest absolute Gasteiger partial charge is 0.315 e. The van der Waals surface area contributed by atoms with Crippen molar-refractivity contribution in [2.24, 2.45) is 0 Å². The summed E-state index contributed by atoms with van der Waals surface area (Å²) in [6.45, 7) is 7.62. The number of ether oxygens (including phenoxy) is 2. The van der Waals surface area contributed by atoms with Gasteiger partial charge in [0.1, 0.15) is 0 Å². The van der Waals surface area contributed by atoms with Crippen molar-refractivity contribution < 1.29 is 35.9 Å². The Kier molecular flexibility index (Phi) is 13.9. The number of thioether (sulfide) groups is 1. The van der Waals surface area contributed by atoms with Crippen LogP contribution in [0.2, 0.25) is 0 Å². The zero-order chi connectivity index (χ0) is 28.2. The minimum Gasteiger partial charge on any atom is -0.378 e. The van der Waals surface area contributed by atoms with E-state index in [1.165, 1.54) is 0 Å². The number of carbonyl (C=O) groups is 2. The summed E-state index contributed by atoms with van der Waals surface area (Å²) in [5, 5.41) is 7.15. The fraction of sp³-hybridized carbons (Fsp3) is 0.833. The van der Waals surface area contributed by atoms with Crippen LogP contribution in [0, 0.1) is 0 Å². The van der Waals surface area contributed by atoms with Gasteiger partial charge in [0.15, 0.2) is 19.7 Å². The molecule has 0 spiro atoms. The molecule has 2 rings (SSSR count). The summed E-state index contributed by atoms with van der Waals surface area (Å²) in [5.41, 5.74) is 0. The number of nitrogens with one attached hydrogen (secondary N) is 2. The average Bonchev–Trinajstić information content (AvgIpc) is 3.42. The van der Waals surface area contributed by atoms with Crippen molar-refractivity contribution in [2.75, 3.05) is 56.0 Å². The Morgan fingerprint density at radius 3 is 2.45 bits per heavy atom. The van der Waals surface area contributed by atoms with Crippen molar-refractivity contribution in [1.29, 1.82) is 0 Å². The first-order valence-corrected chi connectivity index (χ1v) is 17.8. The van der Waals surface area contributed by atoms with Crippen molar-refractivity contribution >= 4 is 43.4 Å². The normalized spacial score (nSPS) is 21.9. The first kappa shape index (κ1) is 32.9. The van der Waals surface area contributed by atoms with Gasteiger partial charge in [-0.2, -0.15) is 11.8 Å². The number of hydrogen-bond acceptors (Lipinski definition) is 9. The van der Waals surface area contributed by atoms with E-state index in [0.717, 1.165) is 36.8 Å². The van der Waals surface area contributed by atoms with Crippen LogP contribution in [0.25, 0.3) is 0 Å². The van der Waals surface area contributed by atoms with E-state index in [0.29, 0.717) is 11.7 Å². The van der Waals surface area contributed by atoms with Crippen molar-refractivity contribution in [2.45, 2.75) is 69.3 Å². The lowest BCUT2D eigenvalue weighted by atomic mass is 10.0. The van der Waals surface area contributed by atoms with E-state index in [2.05, 4.69) is 17.2 Å². The largest absolute Gasteiger partial charge is 0.378 e.